The van der Waals surface area contributed by atoms with Gasteiger partial charge in [0.1, 0.15) is 5.76 Å². The van der Waals surface area contributed by atoms with Gasteiger partial charge in [0.2, 0.25) is 5.76 Å². The fraction of sp³-hybridized carbons (Fsp3) is 0.0769. The zero-order valence-corrected chi connectivity index (χ0v) is 11.0. The van der Waals surface area contributed by atoms with Gasteiger partial charge in [0, 0.05) is 11.3 Å². The average molecular weight is 276 g/mol. The third kappa shape index (κ3) is 3.11. The van der Waals surface area contributed by atoms with Gasteiger partial charge in [0.25, 0.3) is 0 Å². The highest BCUT2D eigenvalue weighted by Crippen LogP contribution is 2.25. The number of hydrogen-bond donors (Lipinski definition) is 2. The van der Waals surface area contributed by atoms with Gasteiger partial charge in [-0.25, -0.2) is 4.79 Å². The van der Waals surface area contributed by atoms with Crippen LogP contribution in [0, 0.1) is 0 Å². The van der Waals surface area contributed by atoms with Gasteiger partial charge >= 0.3 is 5.97 Å². The minimum Gasteiger partial charge on any atom is -0.463 e. The molecule has 0 aliphatic carbocycles. The average Bonchev–Trinajstić information content (AvgIpc) is 2.87. The molecule has 3 N–H and O–H groups in total. The summed E-state index contributed by atoms with van der Waals surface area (Å²) in [5.74, 6) is 0.209. The molecule has 2 rings (SSSR count). The summed E-state index contributed by atoms with van der Waals surface area (Å²) in [6.07, 6.45) is 0. The van der Waals surface area contributed by atoms with Crippen molar-refractivity contribution >= 4 is 29.0 Å². The molecule has 0 atom stereocenters. The predicted molar refractivity (Wildman–Crippen MR) is 75.9 cm³/mol. The molecule has 0 aliphatic heterocycles. The van der Waals surface area contributed by atoms with Crippen molar-refractivity contribution in [1.29, 1.82) is 0 Å². The van der Waals surface area contributed by atoms with Crippen LogP contribution in [0.2, 0.25) is 0 Å². The quantitative estimate of drug-likeness (QED) is 0.662. The summed E-state index contributed by atoms with van der Waals surface area (Å²) in [7, 11) is 1.30. The number of methoxy groups -OCH3 is 1. The number of carbonyl (C=O) groups is 1. The van der Waals surface area contributed by atoms with E-state index >= 15 is 0 Å². The van der Waals surface area contributed by atoms with E-state index in [0.29, 0.717) is 5.76 Å². The predicted octanol–water partition coefficient (Wildman–Crippen LogP) is 2.39. The van der Waals surface area contributed by atoms with E-state index in [-0.39, 0.29) is 10.9 Å². The van der Waals surface area contributed by atoms with E-state index in [1.165, 1.54) is 7.11 Å². The largest absolute Gasteiger partial charge is 0.463 e. The van der Waals surface area contributed by atoms with Crippen LogP contribution < -0.4 is 11.1 Å². The molecule has 6 heteroatoms. The molecule has 19 heavy (non-hydrogen) atoms. The number of carbonyl (C=O) groups excluding carboxylic acids is 1. The molecule has 0 amide bonds. The van der Waals surface area contributed by atoms with E-state index in [1.807, 2.05) is 24.3 Å². The molecule has 0 saturated carbocycles. The number of anilines is 1. The molecule has 0 fully saturated rings. The van der Waals surface area contributed by atoms with E-state index in [1.54, 1.807) is 12.1 Å². The molecular weight excluding hydrogens is 264 g/mol. The van der Waals surface area contributed by atoms with E-state index in [4.69, 9.17) is 22.4 Å². The molecule has 0 aliphatic rings. The Hall–Kier alpha value is -2.34. The zero-order valence-electron chi connectivity index (χ0n) is 10.2. The smallest absolute Gasteiger partial charge is 0.373 e. The summed E-state index contributed by atoms with van der Waals surface area (Å²) < 4.78 is 10.00. The first-order valence-corrected chi connectivity index (χ1v) is 5.86. The number of esters is 1. The normalized spacial score (nSPS) is 9.95. The molecule has 2 aromatic rings. The molecule has 0 radical (unpaired) electrons. The first-order chi connectivity index (χ1) is 9.10. The van der Waals surface area contributed by atoms with Gasteiger partial charge in [0.05, 0.1) is 7.11 Å². The summed E-state index contributed by atoms with van der Waals surface area (Å²) >= 11 is 4.77. The van der Waals surface area contributed by atoms with Gasteiger partial charge in [0.15, 0.2) is 5.11 Å². The number of nitrogens with one attached hydrogen (secondary N) is 1. The molecule has 1 aromatic heterocycles. The summed E-state index contributed by atoms with van der Waals surface area (Å²) in [6.45, 7) is 0. The monoisotopic (exact) mass is 276 g/mol. The minimum atomic E-state index is -0.510. The van der Waals surface area contributed by atoms with E-state index in [0.717, 1.165) is 11.3 Å². The molecule has 0 spiro atoms. The Bertz CT molecular complexity index is 622. The summed E-state index contributed by atoms with van der Waals surface area (Å²) in [5.41, 5.74) is 6.96. The topological polar surface area (TPSA) is 77.5 Å². The molecule has 0 unspecified atom stereocenters. The van der Waals surface area contributed by atoms with Crippen molar-refractivity contribution in [3.8, 4) is 11.3 Å². The van der Waals surface area contributed by atoms with Gasteiger partial charge in [-0.2, -0.15) is 0 Å². The van der Waals surface area contributed by atoms with Crippen molar-refractivity contribution in [2.24, 2.45) is 5.73 Å². The Morgan fingerprint density at radius 2 is 2.16 bits per heavy atom. The Labute approximate surface area is 115 Å². The fourth-order valence-electron chi connectivity index (χ4n) is 1.60. The molecule has 1 aromatic carbocycles. The SMILES string of the molecule is COC(=O)c1ccc(-c2cccc(NC(N)=S)c2)o1. The number of benzene rings is 1. The maximum Gasteiger partial charge on any atom is 0.373 e. The van der Waals surface area contributed by atoms with E-state index in [2.05, 4.69) is 10.1 Å². The molecule has 0 bridgehead atoms. The molecule has 98 valence electrons. The summed E-state index contributed by atoms with van der Waals surface area (Å²) in [6, 6.07) is 10.6. The van der Waals surface area contributed by atoms with Crippen molar-refractivity contribution in [1.82, 2.24) is 0 Å². The third-order valence-corrected chi connectivity index (χ3v) is 2.51. The highest BCUT2D eigenvalue weighted by atomic mass is 32.1. The first kappa shape index (κ1) is 13.1. The zero-order chi connectivity index (χ0) is 13.8. The lowest BCUT2D eigenvalue weighted by Crippen LogP contribution is -2.18. The lowest BCUT2D eigenvalue weighted by molar-refractivity contribution is 0.0566. The van der Waals surface area contributed by atoms with Crippen LogP contribution in [0.25, 0.3) is 11.3 Å². The Kier molecular flexibility index (Phi) is 3.82. The third-order valence-electron chi connectivity index (χ3n) is 2.41. The van der Waals surface area contributed by atoms with Gasteiger partial charge in [-0.1, -0.05) is 12.1 Å². The Morgan fingerprint density at radius 1 is 1.37 bits per heavy atom. The highest BCUT2D eigenvalue weighted by molar-refractivity contribution is 7.80. The molecule has 5 nitrogen and oxygen atoms in total. The number of ether oxygens (including phenoxy) is 1. The fourth-order valence-corrected chi connectivity index (χ4v) is 1.71. The van der Waals surface area contributed by atoms with Crippen LogP contribution in [0.4, 0.5) is 5.69 Å². The van der Waals surface area contributed by atoms with Crippen molar-refractivity contribution in [2.45, 2.75) is 0 Å². The highest BCUT2D eigenvalue weighted by Gasteiger charge is 2.12. The van der Waals surface area contributed by atoms with Gasteiger partial charge in [-0.3, -0.25) is 0 Å². The second-order valence-electron chi connectivity index (χ2n) is 3.73. The second-order valence-corrected chi connectivity index (χ2v) is 4.17. The van der Waals surface area contributed by atoms with Crippen LogP contribution in [-0.4, -0.2) is 18.2 Å². The number of furan rings is 1. The standard InChI is InChI=1S/C13H12N2O3S/c1-17-12(16)11-6-5-10(18-11)8-3-2-4-9(7-8)15-13(14)19/h2-7H,1H3,(H3,14,15,19). The van der Waals surface area contributed by atoms with Crippen LogP contribution in [0.3, 0.4) is 0 Å². The lowest BCUT2D eigenvalue weighted by atomic mass is 10.1. The van der Waals surface area contributed by atoms with Crippen molar-refractivity contribution in [3.63, 3.8) is 0 Å². The lowest BCUT2D eigenvalue weighted by Gasteiger charge is -2.05. The summed E-state index contributed by atoms with van der Waals surface area (Å²) in [4.78, 5) is 11.3. The molecule has 1 heterocycles. The minimum absolute atomic E-state index is 0.158. The van der Waals surface area contributed by atoms with E-state index < -0.39 is 5.97 Å². The number of thiocarbonyl (C=S) groups is 1. The van der Waals surface area contributed by atoms with Crippen LogP contribution in [-0.2, 0) is 4.74 Å². The van der Waals surface area contributed by atoms with Crippen LogP contribution in [0.5, 0.6) is 0 Å². The number of rotatable bonds is 3. The number of nitrogens with two attached hydrogens (primary N) is 1. The Morgan fingerprint density at radius 3 is 2.84 bits per heavy atom. The Balaban J connectivity index is 2.28. The second kappa shape index (κ2) is 5.53. The van der Waals surface area contributed by atoms with E-state index in [9.17, 15) is 4.79 Å². The van der Waals surface area contributed by atoms with Gasteiger partial charge in [-0.05, 0) is 36.5 Å². The van der Waals surface area contributed by atoms with Crippen LogP contribution >= 0.6 is 12.2 Å². The maximum absolute atomic E-state index is 11.3. The van der Waals surface area contributed by atoms with Crippen LogP contribution in [0.15, 0.2) is 40.8 Å². The van der Waals surface area contributed by atoms with Crippen molar-refractivity contribution in [2.75, 3.05) is 12.4 Å². The van der Waals surface area contributed by atoms with Crippen molar-refractivity contribution in [3.05, 3.63) is 42.2 Å². The van der Waals surface area contributed by atoms with Gasteiger partial charge in [-0.15, -0.1) is 0 Å². The molecule has 0 saturated heterocycles. The maximum atomic E-state index is 11.3. The van der Waals surface area contributed by atoms with Crippen molar-refractivity contribution < 1.29 is 13.9 Å². The van der Waals surface area contributed by atoms with Crippen LogP contribution in [0.1, 0.15) is 10.6 Å². The van der Waals surface area contributed by atoms with Gasteiger partial charge < -0.3 is 20.2 Å². The number of hydrogen-bond acceptors (Lipinski definition) is 4. The first-order valence-electron chi connectivity index (χ1n) is 5.45. The molecular formula is C13H12N2O3S. The summed E-state index contributed by atoms with van der Waals surface area (Å²) in [5, 5.41) is 3.02.